The smallest absolute Gasteiger partial charge is 0.240 e. The molecule has 3 aliphatic heterocycles. The average molecular weight is 508 g/mol. The summed E-state index contributed by atoms with van der Waals surface area (Å²) in [5.74, 6) is 3.25. The molecule has 2 atom stereocenters. The number of rotatable bonds is 3. The van der Waals surface area contributed by atoms with Crippen LogP contribution in [0.5, 0.6) is 0 Å². The van der Waals surface area contributed by atoms with Crippen LogP contribution in [0.4, 0.5) is 5.82 Å². The third-order valence-electron chi connectivity index (χ3n) is 6.12. The molecule has 0 unspecified atom stereocenters. The Hall–Kier alpha value is -1.03. The van der Waals surface area contributed by atoms with E-state index in [9.17, 15) is 4.79 Å². The number of hydrogen-bond acceptors (Lipinski definition) is 7. The lowest BCUT2D eigenvalue weighted by Gasteiger charge is -2.38. The molecule has 1 N–H and O–H groups in total. The monoisotopic (exact) mass is 506 g/mol. The molecule has 1 aromatic heterocycles. The van der Waals surface area contributed by atoms with Crippen molar-refractivity contribution in [2.75, 3.05) is 55.8 Å². The van der Waals surface area contributed by atoms with Gasteiger partial charge in [-0.1, -0.05) is 12.1 Å². The first-order chi connectivity index (χ1) is 13.8. The Morgan fingerprint density at radius 2 is 1.81 bits per heavy atom. The van der Waals surface area contributed by atoms with E-state index in [2.05, 4.69) is 31.2 Å². The van der Waals surface area contributed by atoms with Gasteiger partial charge in [-0.25, -0.2) is 9.97 Å². The number of benzene rings is 1. The summed E-state index contributed by atoms with van der Waals surface area (Å²) in [5, 5.41) is 4.59. The van der Waals surface area contributed by atoms with Crippen LogP contribution < -0.4 is 10.2 Å². The molecule has 0 bridgehead atoms. The number of carbonyl (C=O) groups is 1. The summed E-state index contributed by atoms with van der Waals surface area (Å²) < 4.78 is 0. The van der Waals surface area contributed by atoms with Crippen LogP contribution in [-0.2, 0) is 4.79 Å². The fourth-order valence-electron chi connectivity index (χ4n) is 4.53. The Balaban J connectivity index is 0.00000114. The van der Waals surface area contributed by atoms with E-state index < -0.39 is 0 Å². The highest BCUT2D eigenvalue weighted by molar-refractivity contribution is 7.99. The lowest BCUT2D eigenvalue weighted by atomic mass is 10.1. The predicted octanol–water partition coefficient (Wildman–Crippen LogP) is 2.28. The van der Waals surface area contributed by atoms with Gasteiger partial charge in [0.25, 0.3) is 0 Å². The molecule has 0 spiro atoms. The SMILES string of the molecule is Cl.Cl.Cl.O=C([C@@H]1C[C@H](N2CCN(c3ncnc4ccccc34)CC2)CN1)N1CCSC1. The van der Waals surface area contributed by atoms with Crippen LogP contribution in [0, 0.1) is 0 Å². The Labute approximate surface area is 205 Å². The van der Waals surface area contributed by atoms with Crippen molar-refractivity contribution in [1.29, 1.82) is 0 Å². The van der Waals surface area contributed by atoms with Gasteiger partial charge in [0.05, 0.1) is 17.4 Å². The fourth-order valence-corrected chi connectivity index (χ4v) is 5.49. The Bertz CT molecular complexity index is 858. The topological polar surface area (TPSA) is 64.6 Å². The molecule has 3 fully saturated rings. The zero-order valence-electron chi connectivity index (χ0n) is 17.2. The quantitative estimate of drug-likeness (QED) is 0.684. The predicted molar refractivity (Wildman–Crippen MR) is 134 cm³/mol. The number of para-hydroxylation sites is 1. The fraction of sp³-hybridized carbons (Fsp3) is 0.550. The Morgan fingerprint density at radius 1 is 1.03 bits per heavy atom. The van der Waals surface area contributed by atoms with Crippen molar-refractivity contribution in [3.05, 3.63) is 30.6 Å². The molecule has 4 heterocycles. The molecule has 2 aromatic rings. The van der Waals surface area contributed by atoms with Crippen molar-refractivity contribution in [1.82, 2.24) is 25.1 Å². The molecule has 3 saturated heterocycles. The number of carbonyl (C=O) groups excluding carboxylic acids is 1. The maximum Gasteiger partial charge on any atom is 0.240 e. The summed E-state index contributed by atoms with van der Waals surface area (Å²) in [7, 11) is 0. The van der Waals surface area contributed by atoms with Gasteiger partial charge >= 0.3 is 0 Å². The average Bonchev–Trinajstić information content (AvgIpc) is 3.45. The van der Waals surface area contributed by atoms with Crippen LogP contribution in [0.2, 0.25) is 0 Å². The maximum atomic E-state index is 12.6. The highest BCUT2D eigenvalue weighted by atomic mass is 35.5. The molecular weight excluding hydrogens is 479 g/mol. The van der Waals surface area contributed by atoms with Crippen LogP contribution in [0.1, 0.15) is 6.42 Å². The number of nitrogens with one attached hydrogen (secondary N) is 1. The van der Waals surface area contributed by atoms with Crippen molar-refractivity contribution in [3.8, 4) is 0 Å². The van der Waals surface area contributed by atoms with Crippen LogP contribution in [0.25, 0.3) is 10.9 Å². The van der Waals surface area contributed by atoms with E-state index in [1.165, 1.54) is 0 Å². The van der Waals surface area contributed by atoms with Gasteiger partial charge in [0.1, 0.15) is 12.1 Å². The second kappa shape index (κ2) is 11.7. The molecule has 1 aromatic carbocycles. The molecule has 172 valence electrons. The molecule has 0 saturated carbocycles. The minimum absolute atomic E-state index is 0. The third kappa shape index (κ3) is 5.49. The zero-order chi connectivity index (χ0) is 18.9. The molecule has 0 aliphatic carbocycles. The normalized spacial score (nSPS) is 23.7. The molecule has 11 heteroatoms. The molecule has 7 nitrogen and oxygen atoms in total. The van der Waals surface area contributed by atoms with Crippen LogP contribution in [0.15, 0.2) is 30.6 Å². The number of thioether (sulfide) groups is 1. The van der Waals surface area contributed by atoms with Gasteiger partial charge in [-0.2, -0.15) is 0 Å². The summed E-state index contributed by atoms with van der Waals surface area (Å²) in [5.41, 5.74) is 0.997. The Kier molecular flexibility index (Phi) is 9.92. The van der Waals surface area contributed by atoms with E-state index >= 15 is 0 Å². The molecule has 0 radical (unpaired) electrons. The van der Waals surface area contributed by atoms with E-state index in [4.69, 9.17) is 0 Å². The summed E-state index contributed by atoms with van der Waals surface area (Å²) in [6.07, 6.45) is 2.59. The van der Waals surface area contributed by atoms with Gasteiger partial charge in [0, 0.05) is 56.4 Å². The molecule has 5 rings (SSSR count). The first-order valence-corrected chi connectivity index (χ1v) is 11.2. The molecule has 3 aliphatic rings. The third-order valence-corrected chi connectivity index (χ3v) is 7.09. The number of aromatic nitrogens is 2. The number of hydrogen-bond donors (Lipinski definition) is 1. The first kappa shape index (κ1) is 26.2. The number of fused-ring (bicyclic) bond motifs is 1. The second-order valence-electron chi connectivity index (χ2n) is 7.73. The lowest BCUT2D eigenvalue weighted by molar-refractivity contribution is -0.131. The van der Waals surface area contributed by atoms with Crippen LogP contribution in [-0.4, -0.2) is 88.7 Å². The second-order valence-corrected chi connectivity index (χ2v) is 8.80. The molecule has 1 amide bonds. The van der Waals surface area contributed by atoms with E-state index in [-0.39, 0.29) is 43.3 Å². The summed E-state index contributed by atoms with van der Waals surface area (Å²) >= 11 is 1.85. The van der Waals surface area contributed by atoms with Crippen LogP contribution >= 0.6 is 49.0 Å². The van der Waals surface area contributed by atoms with Gasteiger partial charge in [0.15, 0.2) is 0 Å². The van der Waals surface area contributed by atoms with Crippen molar-refractivity contribution in [3.63, 3.8) is 0 Å². The van der Waals surface area contributed by atoms with E-state index in [0.717, 1.165) is 74.0 Å². The van der Waals surface area contributed by atoms with Crippen LogP contribution in [0.3, 0.4) is 0 Å². The maximum absolute atomic E-state index is 12.6. The van der Waals surface area contributed by atoms with E-state index in [1.807, 2.05) is 34.9 Å². The van der Waals surface area contributed by atoms with E-state index in [0.29, 0.717) is 11.9 Å². The number of halogens is 3. The van der Waals surface area contributed by atoms with E-state index in [1.54, 1.807) is 6.33 Å². The number of nitrogens with zero attached hydrogens (tertiary/aromatic N) is 5. The number of piperazine rings is 1. The van der Waals surface area contributed by atoms with Crippen molar-refractivity contribution >= 4 is 71.6 Å². The van der Waals surface area contributed by atoms with Crippen molar-refractivity contribution in [2.24, 2.45) is 0 Å². The summed E-state index contributed by atoms with van der Waals surface area (Å²) in [6.45, 7) is 5.74. The summed E-state index contributed by atoms with van der Waals surface area (Å²) in [4.78, 5) is 28.5. The van der Waals surface area contributed by atoms with Gasteiger partial charge in [0.2, 0.25) is 5.91 Å². The first-order valence-electron chi connectivity index (χ1n) is 10.1. The van der Waals surface area contributed by atoms with Gasteiger partial charge in [-0.05, 0) is 18.6 Å². The standard InChI is InChI=1S/C20H26N6OS.3ClH/c27-20(26-9-10-28-14-26)18-11-15(12-21-18)24-5-7-25(8-6-24)19-16-3-1-2-4-17(16)22-13-23-19;;;/h1-4,13,15,18,21H,5-12,14H2;3*1H/t15-,18-;;;/m0.../s1. The number of anilines is 1. The lowest BCUT2D eigenvalue weighted by Crippen LogP contribution is -2.51. The highest BCUT2D eigenvalue weighted by Crippen LogP contribution is 2.25. The Morgan fingerprint density at radius 3 is 2.55 bits per heavy atom. The summed E-state index contributed by atoms with van der Waals surface area (Å²) in [6, 6.07) is 8.65. The zero-order valence-corrected chi connectivity index (χ0v) is 20.4. The van der Waals surface area contributed by atoms with Crippen molar-refractivity contribution < 1.29 is 4.79 Å². The van der Waals surface area contributed by atoms with Gasteiger partial charge in [-0.15, -0.1) is 49.0 Å². The highest BCUT2D eigenvalue weighted by Gasteiger charge is 2.36. The molecular formula is C20H29Cl3N6OS. The minimum atomic E-state index is -0.00691. The van der Waals surface area contributed by atoms with Gasteiger partial charge < -0.3 is 15.1 Å². The number of amides is 1. The largest absolute Gasteiger partial charge is 0.353 e. The van der Waals surface area contributed by atoms with Gasteiger partial charge in [-0.3, -0.25) is 9.69 Å². The minimum Gasteiger partial charge on any atom is -0.353 e. The van der Waals surface area contributed by atoms with Crippen molar-refractivity contribution in [2.45, 2.75) is 18.5 Å². The molecule has 31 heavy (non-hydrogen) atoms.